The van der Waals surface area contributed by atoms with E-state index in [1.165, 1.54) is 6.08 Å². The Kier molecular flexibility index (Phi) is 2.83. The third kappa shape index (κ3) is 2.17. The van der Waals surface area contributed by atoms with Crippen LogP contribution in [0.2, 0.25) is 5.15 Å². The predicted molar refractivity (Wildman–Crippen MR) is 62.8 cm³/mol. The summed E-state index contributed by atoms with van der Waals surface area (Å²) < 4.78 is 0. The summed E-state index contributed by atoms with van der Waals surface area (Å²) in [5, 5.41) is 11.4. The Labute approximate surface area is 96.3 Å². The van der Waals surface area contributed by atoms with Crippen LogP contribution in [0.3, 0.4) is 0 Å². The van der Waals surface area contributed by atoms with E-state index in [1.807, 2.05) is 24.3 Å². The normalized spacial score (nSPS) is 11.1. The van der Waals surface area contributed by atoms with Gasteiger partial charge in [-0.1, -0.05) is 29.8 Å². The van der Waals surface area contributed by atoms with Crippen LogP contribution >= 0.6 is 11.6 Å². The molecule has 16 heavy (non-hydrogen) atoms. The van der Waals surface area contributed by atoms with Crippen LogP contribution in [0.1, 0.15) is 5.56 Å². The molecule has 0 atom stereocenters. The number of aromatic nitrogens is 1. The van der Waals surface area contributed by atoms with E-state index in [0.717, 1.165) is 17.1 Å². The zero-order chi connectivity index (χ0) is 11.5. The lowest BCUT2D eigenvalue weighted by Crippen LogP contribution is -1.86. The van der Waals surface area contributed by atoms with Crippen LogP contribution in [0.5, 0.6) is 0 Å². The number of halogens is 1. The molecule has 1 heterocycles. The Morgan fingerprint density at radius 2 is 2.12 bits per heavy atom. The minimum atomic E-state index is -0.536. The first kappa shape index (κ1) is 10.6. The topological polar surface area (TPSA) is 56.0 Å². The summed E-state index contributed by atoms with van der Waals surface area (Å²) in [6.45, 7) is 0. The number of rotatable bonds is 2. The van der Waals surface area contributed by atoms with Gasteiger partial charge in [-0.15, -0.1) is 0 Å². The Morgan fingerprint density at radius 3 is 2.88 bits per heavy atom. The van der Waals surface area contributed by atoms with Crippen LogP contribution in [0, 0.1) is 10.1 Å². The predicted octanol–water partition coefficient (Wildman–Crippen LogP) is 3.14. The summed E-state index contributed by atoms with van der Waals surface area (Å²) in [4.78, 5) is 13.8. The number of fused-ring (bicyclic) bond motifs is 1. The summed E-state index contributed by atoms with van der Waals surface area (Å²) in [5.74, 6) is 0. The highest BCUT2D eigenvalue weighted by Gasteiger charge is 2.02. The average Bonchev–Trinajstić information content (AvgIpc) is 2.26. The van der Waals surface area contributed by atoms with Crippen molar-refractivity contribution in [2.24, 2.45) is 0 Å². The van der Waals surface area contributed by atoms with Gasteiger partial charge in [-0.05, 0) is 12.1 Å². The number of hydrogen-bond donors (Lipinski definition) is 0. The monoisotopic (exact) mass is 234 g/mol. The summed E-state index contributed by atoms with van der Waals surface area (Å²) in [7, 11) is 0. The first-order chi connectivity index (χ1) is 7.66. The molecule has 0 bridgehead atoms. The highest BCUT2D eigenvalue weighted by Crippen LogP contribution is 2.21. The summed E-state index contributed by atoms with van der Waals surface area (Å²) >= 11 is 5.90. The molecule has 5 heteroatoms. The summed E-state index contributed by atoms with van der Waals surface area (Å²) in [6, 6.07) is 9.21. The third-order valence-corrected chi connectivity index (χ3v) is 2.38. The highest BCUT2D eigenvalue weighted by atomic mass is 35.5. The second-order valence-corrected chi connectivity index (χ2v) is 3.52. The molecule has 0 radical (unpaired) electrons. The van der Waals surface area contributed by atoms with Crippen molar-refractivity contribution in [3.05, 3.63) is 57.4 Å². The Hall–Kier alpha value is -1.94. The van der Waals surface area contributed by atoms with Crippen molar-refractivity contribution in [2.75, 3.05) is 0 Å². The lowest BCUT2D eigenvalue weighted by Gasteiger charge is -2.00. The molecule has 2 rings (SSSR count). The standard InChI is InChI=1S/C11H7ClN2O2/c12-11-9(5-6-14(15)16)7-8-3-1-2-4-10(8)13-11/h1-7H. The fourth-order valence-corrected chi connectivity index (χ4v) is 1.58. The van der Waals surface area contributed by atoms with E-state index < -0.39 is 4.92 Å². The minimum absolute atomic E-state index is 0.261. The van der Waals surface area contributed by atoms with Crippen molar-refractivity contribution in [3.63, 3.8) is 0 Å². The minimum Gasteiger partial charge on any atom is -0.259 e. The first-order valence-corrected chi connectivity index (χ1v) is 4.91. The SMILES string of the molecule is O=[N+]([O-])C=Cc1cc2ccccc2nc1Cl. The van der Waals surface area contributed by atoms with Gasteiger partial charge in [-0.2, -0.15) is 0 Å². The lowest BCUT2D eigenvalue weighted by molar-refractivity contribution is -0.400. The van der Waals surface area contributed by atoms with Crippen molar-refractivity contribution in [2.45, 2.75) is 0 Å². The fourth-order valence-electron chi connectivity index (χ4n) is 1.37. The third-order valence-electron chi connectivity index (χ3n) is 2.08. The molecule has 0 N–H and O–H groups in total. The van der Waals surface area contributed by atoms with Gasteiger partial charge in [0.15, 0.2) is 0 Å². The molecule has 2 aromatic rings. The van der Waals surface area contributed by atoms with Crippen LogP contribution in [0.4, 0.5) is 0 Å². The second-order valence-electron chi connectivity index (χ2n) is 3.16. The van der Waals surface area contributed by atoms with Crippen molar-refractivity contribution in [1.29, 1.82) is 0 Å². The molecule has 0 aliphatic carbocycles. The molecular formula is C11H7ClN2O2. The smallest absolute Gasteiger partial charge is 0.235 e. The zero-order valence-electron chi connectivity index (χ0n) is 8.13. The highest BCUT2D eigenvalue weighted by molar-refractivity contribution is 6.31. The van der Waals surface area contributed by atoms with E-state index in [-0.39, 0.29) is 5.15 Å². The van der Waals surface area contributed by atoms with Gasteiger partial charge in [-0.25, -0.2) is 4.98 Å². The molecule has 4 nitrogen and oxygen atoms in total. The van der Waals surface area contributed by atoms with Crippen LogP contribution in [-0.2, 0) is 0 Å². The van der Waals surface area contributed by atoms with E-state index in [9.17, 15) is 10.1 Å². The molecule has 1 aromatic heterocycles. The number of nitro groups is 1. The number of benzene rings is 1. The molecule has 0 aliphatic rings. The van der Waals surface area contributed by atoms with Gasteiger partial charge in [0, 0.05) is 17.0 Å². The lowest BCUT2D eigenvalue weighted by atomic mass is 10.1. The molecule has 0 aliphatic heterocycles. The maximum absolute atomic E-state index is 10.2. The van der Waals surface area contributed by atoms with Crippen molar-refractivity contribution < 1.29 is 4.92 Å². The van der Waals surface area contributed by atoms with Crippen molar-refractivity contribution >= 4 is 28.6 Å². The van der Waals surface area contributed by atoms with Gasteiger partial charge in [0.25, 0.3) is 0 Å². The number of pyridine rings is 1. The fraction of sp³-hybridized carbons (Fsp3) is 0. The van der Waals surface area contributed by atoms with Crippen LogP contribution in [-0.4, -0.2) is 9.91 Å². The van der Waals surface area contributed by atoms with Gasteiger partial charge in [0.05, 0.1) is 10.4 Å². The number of hydrogen-bond acceptors (Lipinski definition) is 3. The summed E-state index contributed by atoms with van der Waals surface area (Å²) in [6.07, 6.45) is 2.18. The average molecular weight is 235 g/mol. The Balaban J connectivity index is 2.54. The Morgan fingerprint density at radius 1 is 1.38 bits per heavy atom. The first-order valence-electron chi connectivity index (χ1n) is 4.54. The molecular weight excluding hydrogens is 228 g/mol. The van der Waals surface area contributed by atoms with Crippen molar-refractivity contribution in [1.82, 2.24) is 4.98 Å². The maximum Gasteiger partial charge on any atom is 0.235 e. The molecule has 0 fully saturated rings. The summed E-state index contributed by atoms with van der Waals surface area (Å²) in [5.41, 5.74) is 1.31. The maximum atomic E-state index is 10.2. The Bertz CT molecular complexity index is 581. The van der Waals surface area contributed by atoms with E-state index in [4.69, 9.17) is 11.6 Å². The zero-order valence-corrected chi connectivity index (χ0v) is 8.89. The second kappa shape index (κ2) is 4.28. The van der Waals surface area contributed by atoms with E-state index in [2.05, 4.69) is 4.98 Å². The van der Waals surface area contributed by atoms with Gasteiger partial charge in [0.2, 0.25) is 6.20 Å². The van der Waals surface area contributed by atoms with Gasteiger partial charge >= 0.3 is 0 Å². The molecule has 1 aromatic carbocycles. The molecule has 0 saturated heterocycles. The molecule has 80 valence electrons. The van der Waals surface area contributed by atoms with E-state index in [1.54, 1.807) is 6.07 Å². The van der Waals surface area contributed by atoms with E-state index >= 15 is 0 Å². The molecule has 0 amide bonds. The number of para-hydroxylation sites is 1. The van der Waals surface area contributed by atoms with Gasteiger partial charge in [-0.3, -0.25) is 10.1 Å². The number of nitrogens with zero attached hydrogens (tertiary/aromatic N) is 2. The van der Waals surface area contributed by atoms with Crippen LogP contribution in [0.25, 0.3) is 17.0 Å². The van der Waals surface area contributed by atoms with Crippen LogP contribution < -0.4 is 0 Å². The van der Waals surface area contributed by atoms with Gasteiger partial charge < -0.3 is 0 Å². The molecule has 0 saturated carbocycles. The van der Waals surface area contributed by atoms with Crippen LogP contribution in [0.15, 0.2) is 36.5 Å². The quantitative estimate of drug-likeness (QED) is 0.456. The largest absolute Gasteiger partial charge is 0.259 e. The molecule has 0 unspecified atom stereocenters. The van der Waals surface area contributed by atoms with Crippen molar-refractivity contribution in [3.8, 4) is 0 Å². The van der Waals surface area contributed by atoms with Gasteiger partial charge in [0.1, 0.15) is 5.15 Å². The molecule has 0 spiro atoms. The van der Waals surface area contributed by atoms with E-state index in [0.29, 0.717) is 5.56 Å².